The number of esters is 1. The molecule has 2 aliphatic rings. The van der Waals surface area contributed by atoms with E-state index in [1.165, 1.54) is 20.0 Å². The molecule has 0 spiro atoms. The second-order valence-corrected chi connectivity index (χ2v) is 6.55. The Morgan fingerprint density at radius 3 is 2.96 bits per heavy atom. The number of likely N-dealkylation sites (tertiary alicyclic amines) is 1. The number of nitrogens with one attached hydrogen (secondary N) is 1. The molecule has 8 heteroatoms. The van der Waals surface area contributed by atoms with Gasteiger partial charge in [0.15, 0.2) is 11.8 Å². The smallest absolute Gasteiger partial charge is 0.310 e. The molecular formula is C16H26N6O2. The average molecular weight is 334 g/mol. The van der Waals surface area contributed by atoms with Crippen LogP contribution in [-0.4, -0.2) is 58.8 Å². The van der Waals surface area contributed by atoms with E-state index in [0.29, 0.717) is 13.1 Å². The summed E-state index contributed by atoms with van der Waals surface area (Å²) < 4.78 is 7.10. The normalized spacial score (nSPS) is 24.0. The summed E-state index contributed by atoms with van der Waals surface area (Å²) in [7, 11) is 3.21. The van der Waals surface area contributed by atoms with E-state index in [4.69, 9.17) is 4.74 Å². The van der Waals surface area contributed by atoms with Crippen LogP contribution in [0.2, 0.25) is 0 Å². The highest BCUT2D eigenvalue weighted by Crippen LogP contribution is 2.24. The Kier molecular flexibility index (Phi) is 5.01. The van der Waals surface area contributed by atoms with Crippen molar-refractivity contribution in [1.29, 1.82) is 0 Å². The summed E-state index contributed by atoms with van der Waals surface area (Å²) in [5, 5.41) is 11.9. The fourth-order valence-electron chi connectivity index (χ4n) is 3.59. The van der Waals surface area contributed by atoms with Gasteiger partial charge >= 0.3 is 5.97 Å². The highest BCUT2D eigenvalue weighted by Gasteiger charge is 2.36. The molecule has 1 aromatic heterocycles. The van der Waals surface area contributed by atoms with Gasteiger partial charge in [0.05, 0.1) is 19.6 Å². The molecule has 1 N–H and O–H groups in total. The van der Waals surface area contributed by atoms with Gasteiger partial charge in [0.25, 0.3) is 0 Å². The molecule has 24 heavy (non-hydrogen) atoms. The van der Waals surface area contributed by atoms with E-state index in [2.05, 4.69) is 36.9 Å². The summed E-state index contributed by atoms with van der Waals surface area (Å²) in [6.07, 6.45) is 3.37. The average Bonchev–Trinajstić information content (AvgIpc) is 3.19. The molecular weight excluding hydrogens is 308 g/mol. The van der Waals surface area contributed by atoms with Crippen molar-refractivity contribution < 1.29 is 9.53 Å². The Morgan fingerprint density at radius 1 is 1.38 bits per heavy atom. The lowest BCUT2D eigenvalue weighted by atomic mass is 9.99. The summed E-state index contributed by atoms with van der Waals surface area (Å²) in [5.74, 6) is 2.82. The van der Waals surface area contributed by atoms with Crippen LogP contribution in [0.15, 0.2) is 4.99 Å². The minimum Gasteiger partial charge on any atom is -0.469 e. The number of ether oxygens (including phenoxy) is 1. The maximum absolute atomic E-state index is 11.9. The molecule has 0 saturated carbocycles. The minimum absolute atomic E-state index is 0.102. The van der Waals surface area contributed by atoms with Gasteiger partial charge in [-0.15, -0.1) is 10.2 Å². The third kappa shape index (κ3) is 3.22. The molecule has 2 unspecified atom stereocenters. The fourth-order valence-corrected chi connectivity index (χ4v) is 3.59. The van der Waals surface area contributed by atoms with Crippen molar-refractivity contribution in [2.75, 3.05) is 27.2 Å². The number of methoxy groups -OCH3 is 1. The monoisotopic (exact) mass is 334 g/mol. The van der Waals surface area contributed by atoms with Crippen LogP contribution in [0.1, 0.15) is 31.4 Å². The van der Waals surface area contributed by atoms with Crippen molar-refractivity contribution in [2.45, 2.75) is 39.3 Å². The van der Waals surface area contributed by atoms with Crippen LogP contribution in [0.25, 0.3) is 0 Å². The van der Waals surface area contributed by atoms with Gasteiger partial charge in [0, 0.05) is 33.1 Å². The van der Waals surface area contributed by atoms with Gasteiger partial charge in [0.1, 0.15) is 5.82 Å². The van der Waals surface area contributed by atoms with Crippen LogP contribution in [0.4, 0.5) is 0 Å². The Labute approximate surface area is 142 Å². The number of rotatable bonds is 3. The van der Waals surface area contributed by atoms with Crippen LogP contribution < -0.4 is 5.32 Å². The molecule has 0 radical (unpaired) electrons. The number of hydrogen-bond acceptors (Lipinski definition) is 5. The van der Waals surface area contributed by atoms with Gasteiger partial charge in [-0.05, 0) is 18.8 Å². The molecule has 2 atom stereocenters. The van der Waals surface area contributed by atoms with Gasteiger partial charge in [-0.25, -0.2) is 0 Å². The van der Waals surface area contributed by atoms with E-state index in [-0.39, 0.29) is 17.8 Å². The molecule has 0 bridgehead atoms. The quantitative estimate of drug-likeness (QED) is 0.490. The van der Waals surface area contributed by atoms with E-state index in [1.54, 1.807) is 7.05 Å². The van der Waals surface area contributed by atoms with E-state index in [9.17, 15) is 4.79 Å². The first-order valence-corrected chi connectivity index (χ1v) is 8.58. The van der Waals surface area contributed by atoms with Gasteiger partial charge in [0.2, 0.25) is 0 Å². The van der Waals surface area contributed by atoms with Crippen LogP contribution in [0.5, 0.6) is 0 Å². The summed E-state index contributed by atoms with van der Waals surface area (Å²) in [6, 6.07) is 0. The first-order chi connectivity index (χ1) is 11.6. The van der Waals surface area contributed by atoms with Gasteiger partial charge < -0.3 is 19.5 Å². The van der Waals surface area contributed by atoms with E-state index < -0.39 is 0 Å². The van der Waals surface area contributed by atoms with Gasteiger partial charge in [-0.2, -0.15) is 0 Å². The zero-order chi connectivity index (χ0) is 17.1. The second kappa shape index (κ2) is 7.19. The maximum atomic E-state index is 11.9. The molecule has 132 valence electrons. The van der Waals surface area contributed by atoms with E-state index >= 15 is 0 Å². The molecule has 1 saturated heterocycles. The SMILES string of the molecule is CN=C(NCc1nnc2n1CCCC2)N1CC(C)C(C(=O)OC)C1. The standard InChI is InChI=1S/C16H26N6O2/c1-11-9-21(10-12(11)15(23)24-3)16(17-2)18-8-14-20-19-13-6-4-5-7-22(13)14/h11-12H,4-10H2,1-3H3,(H,17,18). The fraction of sp³-hybridized carbons (Fsp3) is 0.750. The first-order valence-electron chi connectivity index (χ1n) is 8.58. The van der Waals surface area contributed by atoms with Crippen molar-refractivity contribution in [3.05, 3.63) is 11.6 Å². The molecule has 0 aromatic carbocycles. The predicted octanol–water partition coefficient (Wildman–Crippen LogP) is 0.431. The summed E-state index contributed by atoms with van der Waals surface area (Å²) in [4.78, 5) is 18.3. The number of aliphatic imine (C=N–C) groups is 1. The number of nitrogens with zero attached hydrogens (tertiary/aromatic N) is 5. The zero-order valence-corrected chi connectivity index (χ0v) is 14.7. The summed E-state index contributed by atoms with van der Waals surface area (Å²) in [6.45, 7) is 5.07. The molecule has 0 aliphatic carbocycles. The van der Waals surface area contributed by atoms with Crippen LogP contribution in [0, 0.1) is 11.8 Å². The molecule has 2 aliphatic heterocycles. The molecule has 3 heterocycles. The summed E-state index contributed by atoms with van der Waals surface area (Å²) in [5.41, 5.74) is 0. The van der Waals surface area contributed by atoms with Gasteiger partial charge in [-0.1, -0.05) is 6.92 Å². The summed E-state index contributed by atoms with van der Waals surface area (Å²) >= 11 is 0. The number of aryl methyl sites for hydroxylation is 1. The predicted molar refractivity (Wildman–Crippen MR) is 89.4 cm³/mol. The Bertz CT molecular complexity index is 626. The number of guanidine groups is 1. The molecule has 1 fully saturated rings. The van der Waals surface area contributed by atoms with Crippen molar-refractivity contribution in [3.63, 3.8) is 0 Å². The molecule has 0 amide bonds. The highest BCUT2D eigenvalue weighted by molar-refractivity contribution is 5.82. The maximum Gasteiger partial charge on any atom is 0.310 e. The molecule has 8 nitrogen and oxygen atoms in total. The Morgan fingerprint density at radius 2 is 2.21 bits per heavy atom. The third-order valence-electron chi connectivity index (χ3n) is 4.97. The number of aromatic nitrogens is 3. The van der Waals surface area contributed by atoms with Crippen molar-refractivity contribution in [1.82, 2.24) is 25.0 Å². The van der Waals surface area contributed by atoms with Crippen LogP contribution >= 0.6 is 0 Å². The number of carbonyl (C=O) groups is 1. The number of carbonyl (C=O) groups excluding carboxylic acids is 1. The van der Waals surface area contributed by atoms with E-state index in [1.807, 2.05) is 0 Å². The lowest BCUT2D eigenvalue weighted by Gasteiger charge is -2.22. The molecule has 3 rings (SSSR count). The topological polar surface area (TPSA) is 84.6 Å². The highest BCUT2D eigenvalue weighted by atomic mass is 16.5. The van der Waals surface area contributed by atoms with Gasteiger partial charge in [-0.3, -0.25) is 9.79 Å². The van der Waals surface area contributed by atoms with Crippen molar-refractivity contribution in [3.8, 4) is 0 Å². The largest absolute Gasteiger partial charge is 0.469 e. The van der Waals surface area contributed by atoms with E-state index in [0.717, 1.165) is 37.1 Å². The van der Waals surface area contributed by atoms with Crippen LogP contribution in [0.3, 0.4) is 0 Å². The lowest BCUT2D eigenvalue weighted by molar-refractivity contribution is -0.145. The Balaban J connectivity index is 1.62. The minimum atomic E-state index is -0.146. The number of hydrogen-bond donors (Lipinski definition) is 1. The first kappa shape index (κ1) is 16.7. The molecule has 1 aromatic rings. The zero-order valence-electron chi connectivity index (χ0n) is 14.7. The number of fused-ring (bicyclic) bond motifs is 1. The third-order valence-corrected chi connectivity index (χ3v) is 4.97. The lowest BCUT2D eigenvalue weighted by Crippen LogP contribution is -2.40. The van der Waals surface area contributed by atoms with Crippen molar-refractivity contribution >= 4 is 11.9 Å². The van der Waals surface area contributed by atoms with Crippen molar-refractivity contribution in [2.24, 2.45) is 16.8 Å². The van der Waals surface area contributed by atoms with Crippen LogP contribution in [-0.2, 0) is 29.0 Å². The Hall–Kier alpha value is -2.12. The second-order valence-electron chi connectivity index (χ2n) is 6.55.